The first-order valence-corrected chi connectivity index (χ1v) is 12.0. The summed E-state index contributed by atoms with van der Waals surface area (Å²) in [5.74, 6) is 0.194. The van der Waals surface area contributed by atoms with E-state index in [2.05, 4.69) is 50.3 Å². The third kappa shape index (κ3) is 5.83. The normalized spacial score (nSPS) is 12.4. The maximum Gasteiger partial charge on any atom is 0.327 e. The van der Waals surface area contributed by atoms with E-state index in [4.69, 9.17) is 4.74 Å². The molecule has 1 N–H and O–H groups in total. The molecule has 0 aliphatic rings. The molecule has 1 aromatic carbocycles. The van der Waals surface area contributed by atoms with E-state index in [1.807, 2.05) is 37.3 Å². The van der Waals surface area contributed by atoms with Gasteiger partial charge in [0.2, 0.25) is 0 Å². The van der Waals surface area contributed by atoms with Crippen molar-refractivity contribution < 1.29 is 9.53 Å². The van der Waals surface area contributed by atoms with Crippen LogP contribution in [0.4, 0.5) is 0 Å². The van der Waals surface area contributed by atoms with E-state index in [0.29, 0.717) is 24.5 Å². The summed E-state index contributed by atoms with van der Waals surface area (Å²) in [5, 5.41) is 13.2. The van der Waals surface area contributed by atoms with Gasteiger partial charge in [-0.05, 0) is 65.4 Å². The van der Waals surface area contributed by atoms with E-state index in [-0.39, 0.29) is 30.7 Å². The topological polar surface area (TPSA) is 119 Å². The Labute approximate surface area is 209 Å². The number of esters is 1. The molecule has 36 heavy (non-hydrogen) atoms. The molecular weight excluding hydrogens is 458 g/mol. The van der Waals surface area contributed by atoms with E-state index in [0.717, 1.165) is 22.0 Å². The van der Waals surface area contributed by atoms with Crippen LogP contribution in [0.5, 0.6) is 0 Å². The number of ether oxygens (including phenoxy) is 1. The molecule has 0 bridgehead atoms. The van der Waals surface area contributed by atoms with Crippen LogP contribution >= 0.6 is 0 Å². The van der Waals surface area contributed by atoms with Gasteiger partial charge in [-0.25, -0.2) is 4.68 Å². The number of pyridine rings is 2. The van der Waals surface area contributed by atoms with Crippen molar-refractivity contribution in [1.82, 2.24) is 35.1 Å². The molecular formula is C26H31N7O3. The van der Waals surface area contributed by atoms with Gasteiger partial charge in [-0.3, -0.25) is 19.5 Å². The fraction of sp³-hybridized carbons (Fsp3) is 0.385. The number of rotatable bonds is 10. The fourth-order valence-corrected chi connectivity index (χ4v) is 4.43. The van der Waals surface area contributed by atoms with Gasteiger partial charge in [0.25, 0.3) is 5.56 Å². The number of nitrogens with zero attached hydrogens (tertiary/aromatic N) is 6. The monoisotopic (exact) mass is 489 g/mol. The van der Waals surface area contributed by atoms with Crippen molar-refractivity contribution in [1.29, 1.82) is 0 Å². The first kappa shape index (κ1) is 25.2. The maximum absolute atomic E-state index is 13.1. The van der Waals surface area contributed by atoms with Crippen LogP contribution in [0.2, 0.25) is 0 Å². The van der Waals surface area contributed by atoms with E-state index >= 15 is 0 Å². The zero-order valence-electron chi connectivity index (χ0n) is 21.0. The highest BCUT2D eigenvalue weighted by Crippen LogP contribution is 2.30. The Kier molecular flexibility index (Phi) is 7.84. The number of benzene rings is 1. The van der Waals surface area contributed by atoms with Gasteiger partial charge in [-0.2, -0.15) is 0 Å². The molecule has 0 radical (unpaired) electrons. The number of nitrogens with one attached hydrogen (secondary N) is 1. The highest BCUT2D eigenvalue weighted by atomic mass is 16.5. The van der Waals surface area contributed by atoms with Crippen LogP contribution in [0, 0.1) is 12.8 Å². The molecule has 0 saturated heterocycles. The van der Waals surface area contributed by atoms with Gasteiger partial charge in [0.1, 0.15) is 6.54 Å². The SMILES string of the molecule is CCOC(=O)Cn1nnnc1C(C(C)C)N(Cc1cccnc1)Cc1cc2cc(C)ccc2[nH]c1=O. The fourth-order valence-electron chi connectivity index (χ4n) is 4.43. The number of H-pyrrole nitrogens is 1. The smallest absolute Gasteiger partial charge is 0.327 e. The molecule has 10 nitrogen and oxygen atoms in total. The Bertz CT molecular complexity index is 1380. The summed E-state index contributed by atoms with van der Waals surface area (Å²) in [7, 11) is 0. The molecule has 1 unspecified atom stereocenters. The number of tetrazole rings is 1. The van der Waals surface area contributed by atoms with Crippen LogP contribution in [-0.4, -0.2) is 47.7 Å². The summed E-state index contributed by atoms with van der Waals surface area (Å²) in [6.07, 6.45) is 3.53. The minimum absolute atomic E-state index is 0.0652. The molecule has 3 aromatic heterocycles. The molecule has 0 spiro atoms. The number of hydrogen-bond donors (Lipinski definition) is 1. The van der Waals surface area contributed by atoms with Crippen molar-refractivity contribution in [2.45, 2.75) is 53.4 Å². The first-order valence-electron chi connectivity index (χ1n) is 12.0. The Morgan fingerprint density at radius 2 is 2.03 bits per heavy atom. The summed E-state index contributed by atoms with van der Waals surface area (Å²) >= 11 is 0. The largest absolute Gasteiger partial charge is 0.465 e. The van der Waals surface area contributed by atoms with Gasteiger partial charge < -0.3 is 9.72 Å². The van der Waals surface area contributed by atoms with Crippen molar-refractivity contribution in [2.24, 2.45) is 5.92 Å². The van der Waals surface area contributed by atoms with Crippen LogP contribution in [0.3, 0.4) is 0 Å². The minimum Gasteiger partial charge on any atom is -0.465 e. The predicted molar refractivity (Wildman–Crippen MR) is 135 cm³/mol. The number of aromatic amines is 1. The Morgan fingerprint density at radius 1 is 1.19 bits per heavy atom. The number of hydrogen-bond acceptors (Lipinski definition) is 8. The lowest BCUT2D eigenvalue weighted by Crippen LogP contribution is -2.35. The number of carbonyl (C=O) groups excluding carboxylic acids is 1. The number of aryl methyl sites for hydroxylation is 1. The summed E-state index contributed by atoms with van der Waals surface area (Å²) in [6.45, 7) is 8.97. The standard InChI is InChI=1S/C26H31N7O3/c1-5-36-23(34)16-33-25(29-30-31-33)24(17(2)3)32(14-19-7-6-10-27-13-19)15-21-12-20-11-18(4)8-9-22(20)28-26(21)35/h6-13,17,24H,5,14-16H2,1-4H3,(H,28,35). The second-order valence-corrected chi connectivity index (χ2v) is 9.17. The molecule has 0 aliphatic heterocycles. The molecule has 3 heterocycles. The van der Waals surface area contributed by atoms with Gasteiger partial charge in [0.05, 0.1) is 12.6 Å². The highest BCUT2D eigenvalue weighted by Gasteiger charge is 2.30. The van der Waals surface area contributed by atoms with Gasteiger partial charge in [-0.1, -0.05) is 31.5 Å². The van der Waals surface area contributed by atoms with Crippen LogP contribution in [0.1, 0.15) is 49.3 Å². The average Bonchev–Trinajstić information content (AvgIpc) is 3.27. The molecule has 0 saturated carbocycles. The van der Waals surface area contributed by atoms with E-state index in [1.54, 1.807) is 19.3 Å². The third-order valence-electron chi connectivity index (χ3n) is 5.99. The van der Waals surface area contributed by atoms with Gasteiger partial charge in [-0.15, -0.1) is 5.10 Å². The lowest BCUT2D eigenvalue weighted by Gasteiger charge is -2.33. The molecule has 188 valence electrons. The van der Waals surface area contributed by atoms with Gasteiger partial charge >= 0.3 is 5.97 Å². The lowest BCUT2D eigenvalue weighted by atomic mass is 9.99. The first-order chi connectivity index (χ1) is 17.4. The Hall–Kier alpha value is -3.92. The van der Waals surface area contributed by atoms with Crippen LogP contribution in [-0.2, 0) is 29.2 Å². The predicted octanol–water partition coefficient (Wildman–Crippen LogP) is 3.18. The van der Waals surface area contributed by atoms with E-state index < -0.39 is 5.97 Å². The Morgan fingerprint density at radius 3 is 2.75 bits per heavy atom. The van der Waals surface area contributed by atoms with E-state index in [9.17, 15) is 9.59 Å². The second kappa shape index (κ2) is 11.2. The van der Waals surface area contributed by atoms with E-state index in [1.165, 1.54) is 4.68 Å². The zero-order valence-corrected chi connectivity index (χ0v) is 21.0. The molecule has 0 amide bonds. The number of aromatic nitrogens is 6. The Balaban J connectivity index is 1.75. The minimum atomic E-state index is -0.409. The molecule has 0 fully saturated rings. The molecule has 10 heteroatoms. The molecule has 4 aromatic rings. The molecule has 4 rings (SSSR count). The van der Waals surface area contributed by atoms with Gasteiger partial charge in [0, 0.05) is 36.6 Å². The van der Waals surface area contributed by atoms with Crippen LogP contribution in [0.25, 0.3) is 10.9 Å². The second-order valence-electron chi connectivity index (χ2n) is 9.17. The van der Waals surface area contributed by atoms with Crippen LogP contribution in [0.15, 0.2) is 53.6 Å². The average molecular weight is 490 g/mol. The zero-order chi connectivity index (χ0) is 25.7. The molecule has 1 atom stereocenters. The maximum atomic E-state index is 13.1. The quantitative estimate of drug-likeness (QED) is 0.337. The van der Waals surface area contributed by atoms with Crippen molar-refractivity contribution in [3.63, 3.8) is 0 Å². The number of fused-ring (bicyclic) bond motifs is 1. The van der Waals surface area contributed by atoms with Crippen molar-refractivity contribution in [3.8, 4) is 0 Å². The molecule has 0 aliphatic carbocycles. The summed E-state index contributed by atoms with van der Waals surface area (Å²) in [5.41, 5.74) is 3.39. The van der Waals surface area contributed by atoms with Gasteiger partial charge in [0.15, 0.2) is 5.82 Å². The van der Waals surface area contributed by atoms with Crippen molar-refractivity contribution in [2.75, 3.05) is 6.61 Å². The van der Waals surface area contributed by atoms with Crippen molar-refractivity contribution in [3.05, 3.63) is 81.7 Å². The number of carbonyl (C=O) groups is 1. The third-order valence-corrected chi connectivity index (χ3v) is 5.99. The summed E-state index contributed by atoms with van der Waals surface area (Å²) < 4.78 is 6.58. The lowest BCUT2D eigenvalue weighted by molar-refractivity contribution is -0.144. The van der Waals surface area contributed by atoms with Crippen molar-refractivity contribution >= 4 is 16.9 Å². The summed E-state index contributed by atoms with van der Waals surface area (Å²) in [6, 6.07) is 11.5. The van der Waals surface area contributed by atoms with Crippen LogP contribution < -0.4 is 5.56 Å². The highest BCUT2D eigenvalue weighted by molar-refractivity contribution is 5.79. The summed E-state index contributed by atoms with van der Waals surface area (Å²) in [4.78, 5) is 34.7.